The van der Waals surface area contributed by atoms with Crippen LogP contribution in [0, 0.1) is 11.6 Å². The van der Waals surface area contributed by atoms with E-state index in [1.54, 1.807) is 0 Å². The summed E-state index contributed by atoms with van der Waals surface area (Å²) >= 11 is 0. The van der Waals surface area contributed by atoms with Gasteiger partial charge in [-0.1, -0.05) is 0 Å². The van der Waals surface area contributed by atoms with Crippen LogP contribution in [0.15, 0.2) is 18.2 Å². The van der Waals surface area contributed by atoms with Gasteiger partial charge in [-0.15, -0.1) is 0 Å². The van der Waals surface area contributed by atoms with Crippen molar-refractivity contribution in [1.29, 1.82) is 0 Å². The lowest BCUT2D eigenvalue weighted by Gasteiger charge is -2.21. The van der Waals surface area contributed by atoms with Gasteiger partial charge in [0.2, 0.25) is 0 Å². The van der Waals surface area contributed by atoms with Crippen molar-refractivity contribution in [3.05, 3.63) is 35.4 Å². The van der Waals surface area contributed by atoms with Crippen molar-refractivity contribution < 1.29 is 23.8 Å². The number of carbonyl (C=O) groups is 1. The van der Waals surface area contributed by atoms with Gasteiger partial charge in [-0.2, -0.15) is 0 Å². The number of aliphatic hydroxyl groups is 1. The van der Waals surface area contributed by atoms with Crippen LogP contribution in [0.2, 0.25) is 0 Å². The van der Waals surface area contributed by atoms with Gasteiger partial charge in [-0.3, -0.25) is 4.79 Å². The lowest BCUT2D eigenvalue weighted by Crippen LogP contribution is -2.34. The predicted octanol–water partition coefficient (Wildman–Crippen LogP) is 1.06. The summed E-state index contributed by atoms with van der Waals surface area (Å²) in [5.74, 6) is -2.60. The van der Waals surface area contributed by atoms with Gasteiger partial charge in [0.25, 0.3) is 0 Å². The smallest absolute Gasteiger partial charge is 0.305 e. The van der Waals surface area contributed by atoms with Crippen molar-refractivity contribution in [2.75, 3.05) is 7.05 Å². The molecule has 0 radical (unpaired) electrons. The molecule has 6 heteroatoms. The van der Waals surface area contributed by atoms with E-state index in [1.807, 2.05) is 0 Å². The van der Waals surface area contributed by atoms with Gasteiger partial charge in [-0.05, 0) is 25.2 Å². The predicted molar refractivity (Wildman–Crippen MR) is 56.4 cm³/mol. The first-order valence-corrected chi connectivity index (χ1v) is 4.97. The van der Waals surface area contributed by atoms with Crippen LogP contribution in [-0.2, 0) is 4.79 Å². The zero-order chi connectivity index (χ0) is 13.0. The van der Waals surface area contributed by atoms with Crippen molar-refractivity contribution in [2.45, 2.75) is 18.6 Å². The van der Waals surface area contributed by atoms with E-state index in [-0.39, 0.29) is 5.56 Å². The Kier molecular flexibility index (Phi) is 4.53. The Morgan fingerprint density at radius 2 is 2.12 bits per heavy atom. The molecule has 0 saturated heterocycles. The first-order chi connectivity index (χ1) is 7.95. The fraction of sp³-hybridized carbons (Fsp3) is 0.364. The Bertz CT molecular complexity index is 412. The number of carboxylic acid groups (broad SMARTS) is 1. The van der Waals surface area contributed by atoms with Crippen LogP contribution < -0.4 is 5.32 Å². The number of hydrogen-bond acceptors (Lipinski definition) is 3. The number of aliphatic hydroxyl groups excluding tert-OH is 1. The maximum absolute atomic E-state index is 13.4. The highest BCUT2D eigenvalue weighted by Gasteiger charge is 2.24. The van der Waals surface area contributed by atoms with E-state index >= 15 is 0 Å². The molecule has 0 aliphatic heterocycles. The van der Waals surface area contributed by atoms with E-state index in [0.717, 1.165) is 18.2 Å². The minimum Gasteiger partial charge on any atom is -0.481 e. The van der Waals surface area contributed by atoms with Gasteiger partial charge in [0.05, 0.1) is 12.5 Å². The number of hydrogen-bond donors (Lipinski definition) is 3. The fourth-order valence-corrected chi connectivity index (χ4v) is 1.52. The summed E-state index contributed by atoms with van der Waals surface area (Å²) in [7, 11) is 1.44. The molecule has 2 atom stereocenters. The number of rotatable bonds is 5. The highest BCUT2D eigenvalue weighted by Crippen LogP contribution is 2.22. The molecule has 0 amide bonds. The summed E-state index contributed by atoms with van der Waals surface area (Å²) in [5, 5.41) is 21.0. The molecular weight excluding hydrogens is 232 g/mol. The molecule has 0 aromatic heterocycles. The van der Waals surface area contributed by atoms with E-state index < -0.39 is 36.2 Å². The third-order valence-electron chi connectivity index (χ3n) is 2.42. The number of likely N-dealkylation sites (N-methyl/N-ethyl adjacent to an activating group) is 1. The summed E-state index contributed by atoms with van der Waals surface area (Å²) in [6.45, 7) is 0. The van der Waals surface area contributed by atoms with E-state index in [9.17, 15) is 18.7 Å². The molecule has 0 aliphatic rings. The minimum absolute atomic E-state index is 0.259. The van der Waals surface area contributed by atoms with E-state index in [1.165, 1.54) is 7.05 Å². The maximum Gasteiger partial charge on any atom is 0.305 e. The van der Waals surface area contributed by atoms with Crippen LogP contribution in [0.25, 0.3) is 0 Å². The molecule has 1 rings (SSSR count). The molecule has 3 N–H and O–H groups in total. The topological polar surface area (TPSA) is 69.6 Å². The third-order valence-corrected chi connectivity index (χ3v) is 2.42. The average Bonchev–Trinajstić information content (AvgIpc) is 2.28. The summed E-state index contributed by atoms with van der Waals surface area (Å²) in [6.07, 6.45) is -1.82. The maximum atomic E-state index is 13.4. The van der Waals surface area contributed by atoms with Gasteiger partial charge in [-0.25, -0.2) is 8.78 Å². The highest BCUT2D eigenvalue weighted by molar-refractivity contribution is 5.67. The SMILES string of the molecule is CNC(CC(=O)O)C(O)c1cc(F)ccc1F. The molecule has 1 aromatic rings. The molecule has 1 aromatic carbocycles. The summed E-state index contributed by atoms with van der Waals surface area (Å²) in [5.41, 5.74) is -0.259. The van der Waals surface area contributed by atoms with E-state index in [0.29, 0.717) is 0 Å². The van der Waals surface area contributed by atoms with Crippen molar-refractivity contribution in [1.82, 2.24) is 5.32 Å². The van der Waals surface area contributed by atoms with Crippen molar-refractivity contribution in [2.24, 2.45) is 0 Å². The Labute approximate surface area is 96.9 Å². The lowest BCUT2D eigenvalue weighted by atomic mass is 9.99. The molecule has 0 saturated carbocycles. The van der Waals surface area contributed by atoms with Crippen LogP contribution in [0.3, 0.4) is 0 Å². The van der Waals surface area contributed by atoms with Gasteiger partial charge in [0.1, 0.15) is 11.6 Å². The van der Waals surface area contributed by atoms with Crippen LogP contribution in [0.4, 0.5) is 8.78 Å². The van der Waals surface area contributed by atoms with Gasteiger partial charge >= 0.3 is 5.97 Å². The number of halogens is 2. The van der Waals surface area contributed by atoms with Gasteiger partial charge in [0.15, 0.2) is 0 Å². The number of carboxylic acids is 1. The minimum atomic E-state index is -1.42. The van der Waals surface area contributed by atoms with Gasteiger partial charge in [0, 0.05) is 11.6 Å². The zero-order valence-electron chi connectivity index (χ0n) is 9.15. The average molecular weight is 245 g/mol. The number of aliphatic carboxylic acids is 1. The second kappa shape index (κ2) is 5.70. The normalized spacial score (nSPS) is 14.4. The summed E-state index contributed by atoms with van der Waals surface area (Å²) in [4.78, 5) is 10.5. The van der Waals surface area contributed by atoms with Gasteiger partial charge < -0.3 is 15.5 Å². The fourth-order valence-electron chi connectivity index (χ4n) is 1.52. The molecule has 0 heterocycles. The van der Waals surface area contributed by atoms with Crippen molar-refractivity contribution in [3.8, 4) is 0 Å². The third kappa shape index (κ3) is 3.47. The highest BCUT2D eigenvalue weighted by atomic mass is 19.1. The molecular formula is C11H13F2NO3. The molecule has 0 fully saturated rings. The van der Waals surface area contributed by atoms with E-state index in [2.05, 4.69) is 5.32 Å². The number of benzene rings is 1. The number of nitrogens with one attached hydrogen (secondary N) is 1. The zero-order valence-corrected chi connectivity index (χ0v) is 9.15. The monoisotopic (exact) mass is 245 g/mol. The quantitative estimate of drug-likeness (QED) is 0.725. The Morgan fingerprint density at radius 3 is 2.65 bits per heavy atom. The Morgan fingerprint density at radius 1 is 1.47 bits per heavy atom. The molecule has 0 bridgehead atoms. The second-order valence-corrected chi connectivity index (χ2v) is 3.60. The lowest BCUT2D eigenvalue weighted by molar-refractivity contribution is -0.138. The Balaban J connectivity index is 2.96. The Hall–Kier alpha value is -1.53. The standard InChI is InChI=1S/C11H13F2NO3/c1-14-9(5-10(15)16)11(17)7-4-6(12)2-3-8(7)13/h2-4,9,11,14,17H,5H2,1H3,(H,15,16). The molecule has 94 valence electrons. The van der Waals surface area contributed by atoms with Crippen LogP contribution in [-0.4, -0.2) is 29.3 Å². The molecule has 0 spiro atoms. The first kappa shape index (κ1) is 13.5. The van der Waals surface area contributed by atoms with Crippen LogP contribution in [0.1, 0.15) is 18.1 Å². The van der Waals surface area contributed by atoms with Crippen molar-refractivity contribution in [3.63, 3.8) is 0 Å². The van der Waals surface area contributed by atoms with E-state index in [4.69, 9.17) is 5.11 Å². The molecule has 4 nitrogen and oxygen atoms in total. The first-order valence-electron chi connectivity index (χ1n) is 4.97. The van der Waals surface area contributed by atoms with Crippen LogP contribution >= 0.6 is 0 Å². The summed E-state index contributed by atoms with van der Waals surface area (Å²) in [6, 6.07) is 1.79. The van der Waals surface area contributed by atoms with Crippen LogP contribution in [0.5, 0.6) is 0 Å². The summed E-state index contributed by atoms with van der Waals surface area (Å²) < 4.78 is 26.3. The molecule has 0 aliphatic carbocycles. The second-order valence-electron chi connectivity index (χ2n) is 3.60. The molecule has 2 unspecified atom stereocenters. The largest absolute Gasteiger partial charge is 0.481 e. The molecule has 17 heavy (non-hydrogen) atoms. The van der Waals surface area contributed by atoms with Crippen molar-refractivity contribution >= 4 is 5.97 Å².